The summed E-state index contributed by atoms with van der Waals surface area (Å²) in [5.74, 6) is 0. The van der Waals surface area contributed by atoms with Crippen LogP contribution in [0.25, 0.3) is 0 Å². The first-order valence-electron chi connectivity index (χ1n) is 7.25. The maximum Gasteiger partial charge on any atom is 0.416 e. The Bertz CT molecular complexity index is 585. The molecule has 0 unspecified atom stereocenters. The van der Waals surface area contributed by atoms with Gasteiger partial charge in [0.1, 0.15) is 0 Å². The Balaban J connectivity index is 1.85. The lowest BCUT2D eigenvalue weighted by atomic mass is 10.1. The molecule has 2 aromatic carbocycles. The molecule has 0 fully saturated rings. The predicted molar refractivity (Wildman–Crippen MR) is 82.7 cm³/mol. The zero-order valence-corrected chi connectivity index (χ0v) is 12.8. The Morgan fingerprint density at radius 3 is 1.95 bits per heavy atom. The van der Waals surface area contributed by atoms with Gasteiger partial charge in [0.05, 0.1) is 5.56 Å². The number of hydrogen-bond donors (Lipinski definition) is 0. The third kappa shape index (κ3) is 4.88. The first kappa shape index (κ1) is 16.6. The number of likely N-dealkylation sites (N-methyl/N-ethyl adjacent to an activating group) is 1. The van der Waals surface area contributed by atoms with Crippen molar-refractivity contribution >= 4 is 0 Å². The van der Waals surface area contributed by atoms with Crippen molar-refractivity contribution in [1.82, 2.24) is 4.90 Å². The van der Waals surface area contributed by atoms with E-state index in [0.29, 0.717) is 0 Å². The third-order valence-corrected chi connectivity index (χ3v) is 3.64. The van der Waals surface area contributed by atoms with Crippen LogP contribution >= 0.6 is 0 Å². The van der Waals surface area contributed by atoms with Crippen LogP contribution in [-0.2, 0) is 19.1 Å². The van der Waals surface area contributed by atoms with Crippen molar-refractivity contribution < 1.29 is 13.2 Å². The maximum absolute atomic E-state index is 12.5. The number of alkyl halides is 3. The fourth-order valence-corrected chi connectivity index (χ4v) is 2.26. The molecule has 2 rings (SSSR count). The second-order valence-electron chi connectivity index (χ2n) is 5.67. The largest absolute Gasteiger partial charge is 0.416 e. The number of nitrogens with zero attached hydrogens (tertiary/aromatic N) is 1. The predicted octanol–water partition coefficient (Wildman–Crippen LogP) is 4.69. The summed E-state index contributed by atoms with van der Waals surface area (Å²) in [4.78, 5) is 2.17. The summed E-state index contributed by atoms with van der Waals surface area (Å²) in [6.45, 7) is 3.69. The molecule has 0 radical (unpaired) electrons. The Morgan fingerprint density at radius 1 is 0.864 bits per heavy atom. The fourth-order valence-electron chi connectivity index (χ4n) is 2.26. The highest BCUT2D eigenvalue weighted by Crippen LogP contribution is 2.29. The Labute approximate surface area is 129 Å². The molecule has 0 N–H and O–H groups in total. The van der Waals surface area contributed by atoms with Gasteiger partial charge in [0, 0.05) is 13.1 Å². The topological polar surface area (TPSA) is 3.24 Å². The van der Waals surface area contributed by atoms with Gasteiger partial charge in [-0.25, -0.2) is 0 Å². The summed E-state index contributed by atoms with van der Waals surface area (Å²) in [6.07, 6.45) is -3.53. The average molecular weight is 307 g/mol. The SMILES string of the molecule is Cc1ccc(CN(C)CCc2ccc(C(F)(F)F)cc2)cc1. The van der Waals surface area contributed by atoms with Crippen molar-refractivity contribution in [1.29, 1.82) is 0 Å². The molecule has 2 aromatic rings. The van der Waals surface area contributed by atoms with Crippen molar-refractivity contribution in [2.24, 2.45) is 0 Å². The molecule has 4 heteroatoms. The van der Waals surface area contributed by atoms with Gasteiger partial charge in [0.25, 0.3) is 0 Å². The molecule has 0 aliphatic rings. The number of hydrogen-bond acceptors (Lipinski definition) is 1. The Kier molecular flexibility index (Phi) is 5.24. The van der Waals surface area contributed by atoms with Gasteiger partial charge >= 0.3 is 6.18 Å². The summed E-state index contributed by atoms with van der Waals surface area (Å²) >= 11 is 0. The van der Waals surface area contributed by atoms with E-state index in [1.165, 1.54) is 11.1 Å². The highest BCUT2D eigenvalue weighted by atomic mass is 19.4. The first-order chi connectivity index (χ1) is 10.3. The molecule has 0 aromatic heterocycles. The lowest BCUT2D eigenvalue weighted by molar-refractivity contribution is -0.137. The molecule has 0 heterocycles. The highest BCUT2D eigenvalue weighted by Gasteiger charge is 2.29. The van der Waals surface area contributed by atoms with Crippen LogP contribution in [0.2, 0.25) is 0 Å². The van der Waals surface area contributed by atoms with Crippen molar-refractivity contribution in [2.75, 3.05) is 13.6 Å². The summed E-state index contributed by atoms with van der Waals surface area (Å²) < 4.78 is 37.5. The van der Waals surface area contributed by atoms with E-state index in [2.05, 4.69) is 36.1 Å². The minimum Gasteiger partial charge on any atom is -0.302 e. The second-order valence-corrected chi connectivity index (χ2v) is 5.67. The number of aryl methyl sites for hydroxylation is 1. The molecule has 0 bridgehead atoms. The van der Waals surface area contributed by atoms with Gasteiger partial charge in [-0.3, -0.25) is 0 Å². The maximum atomic E-state index is 12.5. The van der Waals surface area contributed by atoms with Crippen LogP contribution in [0.15, 0.2) is 48.5 Å². The van der Waals surface area contributed by atoms with Gasteiger partial charge in [-0.2, -0.15) is 13.2 Å². The van der Waals surface area contributed by atoms with Crippen molar-refractivity contribution in [3.05, 3.63) is 70.8 Å². The fraction of sp³-hybridized carbons (Fsp3) is 0.333. The van der Waals surface area contributed by atoms with Crippen LogP contribution in [0.5, 0.6) is 0 Å². The molecule has 1 nitrogen and oxygen atoms in total. The van der Waals surface area contributed by atoms with E-state index in [0.717, 1.165) is 37.2 Å². The zero-order chi connectivity index (χ0) is 16.2. The van der Waals surface area contributed by atoms with Crippen LogP contribution in [-0.4, -0.2) is 18.5 Å². The summed E-state index contributed by atoms with van der Waals surface area (Å²) in [7, 11) is 2.02. The van der Waals surface area contributed by atoms with Gasteiger partial charge in [0.2, 0.25) is 0 Å². The van der Waals surface area contributed by atoms with Crippen molar-refractivity contribution in [3.63, 3.8) is 0 Å². The first-order valence-corrected chi connectivity index (χ1v) is 7.25. The average Bonchev–Trinajstić information content (AvgIpc) is 2.47. The van der Waals surface area contributed by atoms with Crippen LogP contribution < -0.4 is 0 Å². The lowest BCUT2D eigenvalue weighted by Crippen LogP contribution is -2.20. The second kappa shape index (κ2) is 6.97. The molecular formula is C18H20F3N. The highest BCUT2D eigenvalue weighted by molar-refractivity contribution is 5.25. The lowest BCUT2D eigenvalue weighted by Gasteiger charge is -2.17. The zero-order valence-electron chi connectivity index (χ0n) is 12.8. The molecule has 0 saturated carbocycles. The minimum atomic E-state index is -4.26. The van der Waals surface area contributed by atoms with Crippen LogP contribution in [0, 0.1) is 6.92 Å². The Hall–Kier alpha value is -1.81. The van der Waals surface area contributed by atoms with E-state index < -0.39 is 11.7 Å². The van der Waals surface area contributed by atoms with Gasteiger partial charge in [-0.1, -0.05) is 42.0 Å². The minimum absolute atomic E-state index is 0.593. The van der Waals surface area contributed by atoms with E-state index >= 15 is 0 Å². The van der Waals surface area contributed by atoms with Crippen molar-refractivity contribution in [2.45, 2.75) is 26.1 Å². The number of benzene rings is 2. The smallest absolute Gasteiger partial charge is 0.302 e. The monoisotopic (exact) mass is 307 g/mol. The van der Waals surface area contributed by atoms with E-state index in [4.69, 9.17) is 0 Å². The molecule has 0 aliphatic carbocycles. The quantitative estimate of drug-likeness (QED) is 0.774. The van der Waals surface area contributed by atoms with Crippen LogP contribution in [0.3, 0.4) is 0 Å². The molecular weight excluding hydrogens is 287 g/mol. The summed E-state index contributed by atoms with van der Waals surface area (Å²) in [6, 6.07) is 13.8. The van der Waals surface area contributed by atoms with Gasteiger partial charge in [0.15, 0.2) is 0 Å². The number of halogens is 3. The normalized spacial score (nSPS) is 11.9. The molecule has 118 valence electrons. The molecule has 0 atom stereocenters. The van der Waals surface area contributed by atoms with E-state index in [1.54, 1.807) is 12.1 Å². The molecule has 0 saturated heterocycles. The van der Waals surface area contributed by atoms with Crippen LogP contribution in [0.4, 0.5) is 13.2 Å². The van der Waals surface area contributed by atoms with Crippen molar-refractivity contribution in [3.8, 4) is 0 Å². The van der Waals surface area contributed by atoms with Crippen LogP contribution in [0.1, 0.15) is 22.3 Å². The molecule has 0 aliphatic heterocycles. The van der Waals surface area contributed by atoms with E-state index in [-0.39, 0.29) is 0 Å². The standard InChI is InChI=1S/C18H20F3N/c1-14-3-5-16(6-4-14)13-22(2)12-11-15-7-9-17(10-8-15)18(19,20)21/h3-10H,11-13H2,1-2H3. The molecule has 22 heavy (non-hydrogen) atoms. The van der Waals surface area contributed by atoms with Gasteiger partial charge < -0.3 is 4.90 Å². The van der Waals surface area contributed by atoms with Gasteiger partial charge in [-0.05, 0) is 43.7 Å². The Morgan fingerprint density at radius 2 is 1.41 bits per heavy atom. The van der Waals surface area contributed by atoms with E-state index in [9.17, 15) is 13.2 Å². The third-order valence-electron chi connectivity index (χ3n) is 3.64. The summed E-state index contributed by atoms with van der Waals surface area (Å²) in [5, 5.41) is 0. The summed E-state index contributed by atoms with van der Waals surface area (Å²) in [5.41, 5.74) is 2.80. The number of rotatable bonds is 5. The van der Waals surface area contributed by atoms with E-state index in [1.807, 2.05) is 7.05 Å². The molecule has 0 spiro atoms. The molecule has 0 amide bonds. The van der Waals surface area contributed by atoms with Gasteiger partial charge in [-0.15, -0.1) is 0 Å².